The maximum atomic E-state index is 13.1. The molecule has 1 N–H and O–H groups in total. The van der Waals surface area contributed by atoms with Crippen molar-refractivity contribution in [2.45, 2.75) is 13.5 Å². The molecule has 0 bridgehead atoms. The smallest absolute Gasteiger partial charge is 0.339 e. The Morgan fingerprint density at radius 3 is 2.52 bits per heavy atom. The zero-order valence-electron chi connectivity index (χ0n) is 17.0. The minimum absolute atomic E-state index is 0.181. The molecule has 0 fully saturated rings. The molecule has 156 valence electrons. The third-order valence-corrected chi connectivity index (χ3v) is 4.87. The number of hydrogen-bond donors (Lipinski definition) is 1. The standard InChI is InChI=1S/C23H20N4O4/c1-15-9-11-16(12-10-15)27-22(29)18-7-5-13-24-21(18)26(27)14-20(28)25-19-8-4-3-6-17(19)23(30)31-2/h3-13H,14H2,1-2H3,(H,25,28). The number of carbonyl (C=O) groups is 2. The maximum absolute atomic E-state index is 13.1. The van der Waals surface area contributed by atoms with Crippen LogP contribution in [0.1, 0.15) is 15.9 Å². The maximum Gasteiger partial charge on any atom is 0.339 e. The summed E-state index contributed by atoms with van der Waals surface area (Å²) >= 11 is 0. The van der Waals surface area contributed by atoms with Crippen LogP contribution < -0.4 is 10.9 Å². The summed E-state index contributed by atoms with van der Waals surface area (Å²) in [5, 5.41) is 3.14. The molecule has 0 aliphatic carbocycles. The number of aromatic nitrogens is 3. The Bertz CT molecular complexity index is 1340. The number of nitrogens with one attached hydrogen (secondary N) is 1. The molecule has 0 aliphatic heterocycles. The summed E-state index contributed by atoms with van der Waals surface area (Å²) in [6, 6.07) is 17.3. The summed E-state index contributed by atoms with van der Waals surface area (Å²) in [7, 11) is 1.28. The number of pyridine rings is 1. The van der Waals surface area contributed by atoms with Crippen LogP contribution in [0.25, 0.3) is 16.7 Å². The van der Waals surface area contributed by atoms with E-state index in [1.807, 2.05) is 31.2 Å². The van der Waals surface area contributed by atoms with Crippen LogP contribution in [0, 0.1) is 6.92 Å². The number of methoxy groups -OCH3 is 1. The van der Waals surface area contributed by atoms with Gasteiger partial charge in [-0.1, -0.05) is 29.8 Å². The number of benzene rings is 2. The lowest BCUT2D eigenvalue weighted by Gasteiger charge is -2.14. The van der Waals surface area contributed by atoms with Crippen molar-refractivity contribution in [2.75, 3.05) is 12.4 Å². The molecule has 1 amide bonds. The summed E-state index contributed by atoms with van der Waals surface area (Å²) in [6.07, 6.45) is 1.57. The second kappa shape index (κ2) is 8.27. The minimum Gasteiger partial charge on any atom is -0.465 e. The first-order valence-corrected chi connectivity index (χ1v) is 9.60. The fourth-order valence-electron chi connectivity index (χ4n) is 3.38. The van der Waals surface area contributed by atoms with Crippen molar-refractivity contribution in [3.63, 3.8) is 0 Å². The number of amides is 1. The van der Waals surface area contributed by atoms with Gasteiger partial charge >= 0.3 is 5.97 Å². The lowest BCUT2D eigenvalue weighted by atomic mass is 10.2. The molecule has 31 heavy (non-hydrogen) atoms. The number of esters is 1. The van der Waals surface area contributed by atoms with E-state index in [1.165, 1.54) is 16.5 Å². The zero-order valence-corrected chi connectivity index (χ0v) is 17.0. The monoisotopic (exact) mass is 416 g/mol. The predicted octanol–water partition coefficient (Wildman–Crippen LogP) is 2.92. The van der Waals surface area contributed by atoms with Gasteiger partial charge in [-0.2, -0.15) is 0 Å². The Hall–Kier alpha value is -4.20. The largest absolute Gasteiger partial charge is 0.465 e. The van der Waals surface area contributed by atoms with Gasteiger partial charge in [-0.3, -0.25) is 14.3 Å². The minimum atomic E-state index is -0.555. The molecule has 0 unspecified atom stereocenters. The topological polar surface area (TPSA) is 95.2 Å². The van der Waals surface area contributed by atoms with Crippen molar-refractivity contribution in [1.29, 1.82) is 0 Å². The van der Waals surface area contributed by atoms with E-state index in [-0.39, 0.29) is 17.7 Å². The van der Waals surface area contributed by atoms with E-state index in [1.54, 1.807) is 42.6 Å². The first-order chi connectivity index (χ1) is 15.0. The number of aryl methyl sites for hydroxylation is 1. The average Bonchev–Trinajstić information content (AvgIpc) is 3.06. The van der Waals surface area contributed by atoms with Gasteiger partial charge in [0.2, 0.25) is 5.91 Å². The van der Waals surface area contributed by atoms with Gasteiger partial charge in [0.25, 0.3) is 5.56 Å². The van der Waals surface area contributed by atoms with Crippen LogP contribution in [0.15, 0.2) is 71.7 Å². The van der Waals surface area contributed by atoms with Gasteiger partial charge in [0.15, 0.2) is 5.65 Å². The molecule has 0 aliphatic rings. The van der Waals surface area contributed by atoms with Crippen molar-refractivity contribution >= 4 is 28.6 Å². The molecule has 8 nitrogen and oxygen atoms in total. The van der Waals surface area contributed by atoms with Crippen LogP contribution in [0.5, 0.6) is 0 Å². The van der Waals surface area contributed by atoms with Crippen molar-refractivity contribution in [2.24, 2.45) is 0 Å². The molecular weight excluding hydrogens is 396 g/mol. The zero-order chi connectivity index (χ0) is 22.0. The molecule has 0 atom stereocenters. The van der Waals surface area contributed by atoms with Crippen LogP contribution in [-0.2, 0) is 16.1 Å². The fraction of sp³-hybridized carbons (Fsp3) is 0.130. The number of para-hydroxylation sites is 1. The van der Waals surface area contributed by atoms with E-state index in [4.69, 9.17) is 4.74 Å². The number of carbonyl (C=O) groups excluding carboxylic acids is 2. The van der Waals surface area contributed by atoms with Gasteiger partial charge in [-0.15, -0.1) is 0 Å². The first-order valence-electron chi connectivity index (χ1n) is 9.60. The molecule has 0 radical (unpaired) electrons. The molecule has 0 saturated carbocycles. The summed E-state index contributed by atoms with van der Waals surface area (Å²) in [4.78, 5) is 42.3. The molecule has 8 heteroatoms. The molecule has 4 aromatic rings. The van der Waals surface area contributed by atoms with Crippen LogP contribution in [-0.4, -0.2) is 33.3 Å². The molecular formula is C23H20N4O4. The van der Waals surface area contributed by atoms with Crippen molar-refractivity contribution in [1.82, 2.24) is 14.3 Å². The highest BCUT2D eigenvalue weighted by molar-refractivity contribution is 6.01. The van der Waals surface area contributed by atoms with Crippen LogP contribution in [0.4, 0.5) is 5.69 Å². The molecule has 0 spiro atoms. The Balaban J connectivity index is 1.74. The highest BCUT2D eigenvalue weighted by Crippen LogP contribution is 2.18. The average molecular weight is 416 g/mol. The van der Waals surface area contributed by atoms with Gasteiger partial charge in [-0.25, -0.2) is 14.5 Å². The molecule has 2 aromatic heterocycles. The SMILES string of the molecule is COC(=O)c1ccccc1NC(=O)Cn1c2ncccc2c(=O)n1-c1ccc(C)cc1. The first kappa shape index (κ1) is 20.1. The van der Waals surface area contributed by atoms with Crippen LogP contribution in [0.3, 0.4) is 0 Å². The highest BCUT2D eigenvalue weighted by Gasteiger charge is 2.19. The Morgan fingerprint density at radius 2 is 1.77 bits per heavy atom. The lowest BCUT2D eigenvalue weighted by Crippen LogP contribution is -2.27. The summed E-state index contributed by atoms with van der Waals surface area (Å²) in [5.74, 6) is -0.972. The van der Waals surface area contributed by atoms with Gasteiger partial charge in [-0.05, 0) is 43.3 Å². The number of nitrogens with zero attached hydrogens (tertiary/aromatic N) is 3. The molecule has 0 saturated heterocycles. The van der Waals surface area contributed by atoms with Gasteiger partial charge in [0, 0.05) is 6.20 Å². The Labute approximate surface area is 177 Å². The summed E-state index contributed by atoms with van der Waals surface area (Å²) in [5.41, 5.74) is 2.36. The Kier molecular flexibility index (Phi) is 5.36. The summed E-state index contributed by atoms with van der Waals surface area (Å²) in [6.45, 7) is 1.77. The predicted molar refractivity (Wildman–Crippen MR) is 116 cm³/mol. The van der Waals surface area contributed by atoms with Gasteiger partial charge in [0.1, 0.15) is 6.54 Å². The van der Waals surface area contributed by atoms with Crippen LogP contribution >= 0.6 is 0 Å². The number of fused-ring (bicyclic) bond motifs is 1. The Morgan fingerprint density at radius 1 is 1.03 bits per heavy atom. The molecule has 2 aromatic carbocycles. The van der Waals surface area contributed by atoms with E-state index in [2.05, 4.69) is 10.3 Å². The lowest BCUT2D eigenvalue weighted by molar-refractivity contribution is -0.116. The number of rotatable bonds is 5. The van der Waals surface area contributed by atoms with E-state index < -0.39 is 11.9 Å². The van der Waals surface area contributed by atoms with Gasteiger partial charge in [0.05, 0.1) is 29.4 Å². The molecule has 4 rings (SSSR count). The highest BCUT2D eigenvalue weighted by atomic mass is 16.5. The number of hydrogen-bond acceptors (Lipinski definition) is 5. The fourth-order valence-corrected chi connectivity index (χ4v) is 3.38. The van der Waals surface area contributed by atoms with E-state index >= 15 is 0 Å². The van der Waals surface area contributed by atoms with Crippen molar-refractivity contribution in [3.05, 3.63) is 88.3 Å². The normalized spacial score (nSPS) is 10.8. The number of ether oxygens (including phenoxy) is 1. The van der Waals surface area contributed by atoms with E-state index in [0.29, 0.717) is 22.4 Å². The molecule has 2 heterocycles. The van der Waals surface area contributed by atoms with E-state index in [0.717, 1.165) is 5.56 Å². The quantitative estimate of drug-likeness (QED) is 0.505. The van der Waals surface area contributed by atoms with E-state index in [9.17, 15) is 14.4 Å². The van der Waals surface area contributed by atoms with Crippen molar-refractivity contribution < 1.29 is 14.3 Å². The van der Waals surface area contributed by atoms with Crippen LogP contribution in [0.2, 0.25) is 0 Å². The third-order valence-electron chi connectivity index (χ3n) is 4.87. The number of anilines is 1. The second-order valence-corrected chi connectivity index (χ2v) is 6.97. The third kappa shape index (κ3) is 3.83. The van der Waals surface area contributed by atoms with Crippen molar-refractivity contribution in [3.8, 4) is 5.69 Å². The summed E-state index contributed by atoms with van der Waals surface area (Å²) < 4.78 is 7.73. The second-order valence-electron chi connectivity index (χ2n) is 6.97. The van der Waals surface area contributed by atoms with Gasteiger partial charge < -0.3 is 10.1 Å².